The highest BCUT2D eigenvalue weighted by Gasteiger charge is 2.70. The van der Waals surface area contributed by atoms with Crippen LogP contribution in [0.5, 0.6) is 11.5 Å². The van der Waals surface area contributed by atoms with Gasteiger partial charge < -0.3 is 14.9 Å². The van der Waals surface area contributed by atoms with Crippen molar-refractivity contribution in [2.75, 3.05) is 24.7 Å². The number of imide groups is 2. The summed E-state index contributed by atoms with van der Waals surface area (Å²) in [6.07, 6.45) is 2.95. The van der Waals surface area contributed by atoms with Gasteiger partial charge in [0.25, 0.3) is 0 Å². The monoisotopic (exact) mass is 716 g/mol. The van der Waals surface area contributed by atoms with Crippen molar-refractivity contribution in [1.29, 1.82) is 0 Å². The molecule has 6 unspecified atom stereocenters. The number of carbonyl (C=O) groups is 4. The number of nitrogens with zero attached hydrogens (tertiary/aromatic N) is 2. The number of benzene rings is 4. The molecule has 2 aliphatic carbocycles. The van der Waals surface area contributed by atoms with Gasteiger partial charge in [0.2, 0.25) is 23.6 Å². The summed E-state index contributed by atoms with van der Waals surface area (Å²) in [5.74, 6) is -4.16. The molecule has 2 heterocycles. The molecule has 4 aromatic rings. The fraction of sp³-hybridized carbons (Fsp3) is 0.286. The zero-order chi connectivity index (χ0) is 36.1. The Labute approximate surface area is 306 Å². The minimum absolute atomic E-state index is 0.0170. The van der Waals surface area contributed by atoms with Gasteiger partial charge in [-0.25, -0.2) is 4.90 Å². The number of hydrogen-bond acceptors (Lipinski definition) is 7. The molecule has 4 amide bonds. The number of ether oxygens (including phenoxy) is 1. The third kappa shape index (κ3) is 5.25. The highest BCUT2D eigenvalue weighted by atomic mass is 35.5. The number of phenols is 1. The van der Waals surface area contributed by atoms with E-state index in [1.807, 2.05) is 54.6 Å². The number of para-hydroxylation sites is 1. The van der Waals surface area contributed by atoms with E-state index < -0.39 is 46.8 Å². The SMILES string of the molecule is O=C1C2CC=C3C(CC4C(=O)N(c5cccc(Cl)c5)C(=O)C4(c4ccccc4)C3c3ccccc3OCCO)C2C(=O)N1CCc1ccc(O)cc1. The summed E-state index contributed by atoms with van der Waals surface area (Å²) < 4.78 is 6.11. The number of rotatable bonds is 9. The average Bonchev–Trinajstić information content (AvgIpc) is 3.54. The third-order valence-electron chi connectivity index (χ3n) is 11.4. The molecule has 52 heavy (non-hydrogen) atoms. The van der Waals surface area contributed by atoms with Crippen LogP contribution < -0.4 is 9.64 Å². The second kappa shape index (κ2) is 13.4. The van der Waals surface area contributed by atoms with Gasteiger partial charge in [0.1, 0.15) is 18.1 Å². The highest BCUT2D eigenvalue weighted by Crippen LogP contribution is 2.65. The molecule has 9 nitrogen and oxygen atoms in total. The first-order valence-electron chi connectivity index (χ1n) is 17.6. The van der Waals surface area contributed by atoms with Crippen LogP contribution in [0.25, 0.3) is 0 Å². The number of fused-ring (bicyclic) bond motifs is 4. The van der Waals surface area contributed by atoms with Crippen molar-refractivity contribution in [3.8, 4) is 11.5 Å². The maximum atomic E-state index is 15.4. The molecule has 264 valence electrons. The molecule has 6 atom stereocenters. The van der Waals surface area contributed by atoms with Gasteiger partial charge in [-0.3, -0.25) is 24.1 Å². The largest absolute Gasteiger partial charge is 0.508 e. The molecule has 0 aromatic heterocycles. The lowest BCUT2D eigenvalue weighted by Crippen LogP contribution is -2.53. The van der Waals surface area contributed by atoms with Gasteiger partial charge in [-0.05, 0) is 72.7 Å². The first kappa shape index (κ1) is 33.9. The lowest BCUT2D eigenvalue weighted by molar-refractivity contribution is -0.140. The Hall–Kier alpha value is -5.25. The van der Waals surface area contributed by atoms with Crippen LogP contribution >= 0.6 is 11.6 Å². The van der Waals surface area contributed by atoms with Gasteiger partial charge in [-0.2, -0.15) is 0 Å². The van der Waals surface area contributed by atoms with Gasteiger partial charge in [0, 0.05) is 23.0 Å². The van der Waals surface area contributed by atoms with Gasteiger partial charge in [-0.15, -0.1) is 0 Å². The molecule has 2 N–H and O–H groups in total. The van der Waals surface area contributed by atoms with E-state index in [2.05, 4.69) is 0 Å². The van der Waals surface area contributed by atoms with Crippen LogP contribution in [0, 0.1) is 23.7 Å². The fourth-order valence-corrected chi connectivity index (χ4v) is 9.47. The first-order valence-corrected chi connectivity index (χ1v) is 18.0. The molecule has 0 radical (unpaired) electrons. The summed E-state index contributed by atoms with van der Waals surface area (Å²) in [7, 11) is 0. The highest BCUT2D eigenvalue weighted by molar-refractivity contribution is 6.32. The van der Waals surface area contributed by atoms with Crippen molar-refractivity contribution >= 4 is 40.9 Å². The van der Waals surface area contributed by atoms with Crippen molar-refractivity contribution in [1.82, 2.24) is 4.90 Å². The third-order valence-corrected chi connectivity index (χ3v) is 11.6. The summed E-state index contributed by atoms with van der Waals surface area (Å²) in [6, 6.07) is 30.1. The number of hydrogen-bond donors (Lipinski definition) is 2. The maximum absolute atomic E-state index is 15.4. The lowest BCUT2D eigenvalue weighted by atomic mass is 9.49. The summed E-state index contributed by atoms with van der Waals surface area (Å²) in [4.78, 5) is 61.4. The summed E-state index contributed by atoms with van der Waals surface area (Å²) in [5, 5.41) is 19.8. The number of carbonyl (C=O) groups excluding carboxylic acids is 4. The molecule has 2 aliphatic heterocycles. The Morgan fingerprint density at radius 2 is 1.58 bits per heavy atom. The van der Waals surface area contributed by atoms with Gasteiger partial charge in [0.15, 0.2) is 0 Å². The van der Waals surface area contributed by atoms with Crippen molar-refractivity contribution in [3.05, 3.63) is 136 Å². The first-order chi connectivity index (χ1) is 25.2. The summed E-state index contributed by atoms with van der Waals surface area (Å²) in [5.41, 5.74) is 1.96. The number of aliphatic hydroxyl groups excluding tert-OH is 1. The Morgan fingerprint density at radius 1 is 0.827 bits per heavy atom. The number of phenolic OH excluding ortho intramolecular Hbond substituents is 1. The predicted molar refractivity (Wildman–Crippen MR) is 194 cm³/mol. The average molecular weight is 717 g/mol. The number of amides is 4. The van der Waals surface area contributed by atoms with Crippen molar-refractivity contribution in [2.45, 2.75) is 30.6 Å². The molecule has 0 spiro atoms. The van der Waals surface area contributed by atoms with Crippen LogP contribution in [0.3, 0.4) is 0 Å². The minimum atomic E-state index is -1.43. The van der Waals surface area contributed by atoms with Crippen LogP contribution in [0.1, 0.15) is 35.4 Å². The Kier molecular flexibility index (Phi) is 8.71. The number of aromatic hydroxyl groups is 1. The van der Waals surface area contributed by atoms with Crippen molar-refractivity contribution in [3.63, 3.8) is 0 Å². The molecule has 4 aromatic carbocycles. The standard InChI is InChI=1S/C42H37ClN2O7/c43-27-9-6-10-28(23-27)45-39(49)34-24-33-30(17-18-32-36(33)40(50)44(38(32)48)20-19-25-13-15-29(47)16-14-25)37(31-11-4-5-12-35(31)52-22-21-46)42(34,41(45)51)26-7-2-1-3-8-26/h1-17,23,32-34,36-37,46-47H,18-22,24H2. The van der Waals surface area contributed by atoms with Crippen LogP contribution in [0.15, 0.2) is 115 Å². The Morgan fingerprint density at radius 3 is 2.33 bits per heavy atom. The fourth-order valence-electron chi connectivity index (χ4n) is 9.28. The molecule has 1 saturated carbocycles. The molecular weight excluding hydrogens is 680 g/mol. The summed E-state index contributed by atoms with van der Waals surface area (Å²) in [6.45, 7) is -0.0175. The van der Waals surface area contributed by atoms with Crippen LogP contribution in [0.4, 0.5) is 5.69 Å². The van der Waals surface area contributed by atoms with Gasteiger partial charge in [-0.1, -0.05) is 90.0 Å². The van der Waals surface area contributed by atoms with Gasteiger partial charge in [0.05, 0.1) is 35.5 Å². The van der Waals surface area contributed by atoms with Crippen molar-refractivity contribution in [2.24, 2.45) is 23.7 Å². The minimum Gasteiger partial charge on any atom is -0.508 e. The number of allylic oxidation sites excluding steroid dienone is 2. The topological polar surface area (TPSA) is 124 Å². The second-order valence-corrected chi connectivity index (χ2v) is 14.4. The van der Waals surface area contributed by atoms with E-state index in [9.17, 15) is 24.6 Å². The molecule has 2 saturated heterocycles. The smallest absolute Gasteiger partial charge is 0.246 e. The van der Waals surface area contributed by atoms with E-state index in [0.29, 0.717) is 40.4 Å². The molecule has 8 rings (SSSR count). The molecule has 4 aliphatic rings. The van der Waals surface area contributed by atoms with Crippen LogP contribution in [-0.4, -0.2) is 58.5 Å². The number of anilines is 1. The van der Waals surface area contributed by atoms with E-state index in [1.165, 1.54) is 9.80 Å². The van der Waals surface area contributed by atoms with Crippen molar-refractivity contribution < 1.29 is 34.1 Å². The van der Waals surface area contributed by atoms with E-state index in [4.69, 9.17) is 16.3 Å². The zero-order valence-corrected chi connectivity index (χ0v) is 29.0. The van der Waals surface area contributed by atoms with Crippen LogP contribution in [0.2, 0.25) is 5.02 Å². The molecule has 10 heteroatoms. The second-order valence-electron chi connectivity index (χ2n) is 13.9. The molecular formula is C42H37ClN2O7. The lowest BCUT2D eigenvalue weighted by Gasteiger charge is -2.51. The zero-order valence-electron chi connectivity index (χ0n) is 28.2. The number of likely N-dealkylation sites (tertiary alicyclic amines) is 1. The normalized spacial score (nSPS) is 26.6. The number of aliphatic hydroxyl groups is 1. The molecule has 3 fully saturated rings. The maximum Gasteiger partial charge on any atom is 0.246 e. The van der Waals surface area contributed by atoms with Gasteiger partial charge >= 0.3 is 0 Å². The molecule has 0 bridgehead atoms. The van der Waals surface area contributed by atoms with E-state index in [0.717, 1.165) is 11.1 Å². The predicted octanol–water partition coefficient (Wildman–Crippen LogP) is 5.82. The van der Waals surface area contributed by atoms with E-state index in [1.54, 1.807) is 54.6 Å². The van der Waals surface area contributed by atoms with Crippen LogP contribution in [-0.2, 0) is 31.0 Å². The Balaban J connectivity index is 1.29. The Bertz CT molecular complexity index is 2100. The van der Waals surface area contributed by atoms with E-state index >= 15 is 4.79 Å². The summed E-state index contributed by atoms with van der Waals surface area (Å²) >= 11 is 6.41. The quantitative estimate of drug-likeness (QED) is 0.165. The van der Waals surface area contributed by atoms with E-state index in [-0.39, 0.29) is 43.7 Å². The number of halogens is 1.